The van der Waals surface area contributed by atoms with Crippen molar-refractivity contribution in [3.8, 4) is 5.75 Å². The van der Waals surface area contributed by atoms with Crippen molar-refractivity contribution >= 4 is 17.0 Å². The lowest BCUT2D eigenvalue weighted by Gasteiger charge is -2.37. The van der Waals surface area contributed by atoms with Gasteiger partial charge in [-0.2, -0.15) is 0 Å². The summed E-state index contributed by atoms with van der Waals surface area (Å²) < 4.78 is 26.1. The smallest absolute Gasteiger partial charge is 0.168 e. The van der Waals surface area contributed by atoms with Crippen LogP contribution in [0.25, 0.3) is 11.2 Å². The van der Waals surface area contributed by atoms with Gasteiger partial charge in [-0.15, -0.1) is 0 Å². The van der Waals surface area contributed by atoms with Gasteiger partial charge in [0.05, 0.1) is 19.5 Å². The SMILES string of the molecule is COc1ccc(C(Nc2ncnc3c2ncn3[C@@H]2O[C@H]([C@H](C)O)[C@H]3OC(C)O[C@]32C)(c2ccccc2)c2ccccc2)cc1. The maximum Gasteiger partial charge on any atom is 0.168 e. The zero-order valence-electron chi connectivity index (χ0n) is 25.0. The van der Waals surface area contributed by atoms with Gasteiger partial charge < -0.3 is 29.4 Å². The van der Waals surface area contributed by atoms with Gasteiger partial charge >= 0.3 is 0 Å². The van der Waals surface area contributed by atoms with E-state index in [0.717, 1.165) is 22.4 Å². The molecule has 44 heavy (non-hydrogen) atoms. The molecule has 6 atom stereocenters. The van der Waals surface area contributed by atoms with E-state index < -0.39 is 42.0 Å². The van der Waals surface area contributed by atoms with Crippen molar-refractivity contribution in [1.82, 2.24) is 19.5 Å². The molecular weight excluding hydrogens is 558 g/mol. The Labute approximate surface area is 255 Å². The van der Waals surface area contributed by atoms with Gasteiger partial charge in [0.25, 0.3) is 0 Å². The highest BCUT2D eigenvalue weighted by Gasteiger charge is 2.62. The zero-order valence-corrected chi connectivity index (χ0v) is 25.0. The van der Waals surface area contributed by atoms with E-state index in [1.807, 2.05) is 66.9 Å². The number of hydrogen-bond acceptors (Lipinski definition) is 9. The minimum Gasteiger partial charge on any atom is -0.497 e. The molecule has 226 valence electrons. The monoisotopic (exact) mass is 593 g/mol. The van der Waals surface area contributed by atoms with E-state index in [0.29, 0.717) is 17.0 Å². The van der Waals surface area contributed by atoms with Crippen molar-refractivity contribution in [3.63, 3.8) is 0 Å². The Hall–Kier alpha value is -4.35. The summed E-state index contributed by atoms with van der Waals surface area (Å²) in [6.07, 6.45) is 0.327. The Kier molecular flexibility index (Phi) is 7.09. The number of hydrogen-bond donors (Lipinski definition) is 2. The van der Waals surface area contributed by atoms with E-state index in [1.54, 1.807) is 20.4 Å². The fourth-order valence-corrected chi connectivity index (χ4v) is 6.69. The summed E-state index contributed by atoms with van der Waals surface area (Å²) in [6.45, 7) is 5.49. The number of aromatic nitrogens is 4. The molecule has 2 fully saturated rings. The third-order valence-corrected chi connectivity index (χ3v) is 8.73. The van der Waals surface area contributed by atoms with Crippen LogP contribution < -0.4 is 10.1 Å². The van der Waals surface area contributed by atoms with Crippen LogP contribution in [0.15, 0.2) is 97.6 Å². The largest absolute Gasteiger partial charge is 0.497 e. The van der Waals surface area contributed by atoms with Crippen LogP contribution in [0.5, 0.6) is 5.75 Å². The van der Waals surface area contributed by atoms with Crippen LogP contribution >= 0.6 is 0 Å². The molecule has 0 amide bonds. The van der Waals surface area contributed by atoms with Crippen LogP contribution in [0, 0.1) is 0 Å². The quantitative estimate of drug-likeness (QED) is 0.239. The van der Waals surface area contributed by atoms with Crippen LogP contribution in [0.3, 0.4) is 0 Å². The topological polar surface area (TPSA) is 113 Å². The Bertz CT molecular complexity index is 1710. The first-order valence-electron chi connectivity index (χ1n) is 14.7. The lowest BCUT2D eigenvalue weighted by Crippen LogP contribution is -2.43. The summed E-state index contributed by atoms with van der Waals surface area (Å²) in [6, 6.07) is 28.6. The summed E-state index contributed by atoms with van der Waals surface area (Å²) >= 11 is 0. The first kappa shape index (κ1) is 28.4. The molecule has 0 bridgehead atoms. The Morgan fingerprint density at radius 1 is 0.909 bits per heavy atom. The first-order valence-corrected chi connectivity index (χ1v) is 14.7. The Morgan fingerprint density at radius 3 is 2.16 bits per heavy atom. The number of anilines is 1. The molecule has 2 saturated heterocycles. The second-order valence-corrected chi connectivity index (χ2v) is 11.5. The van der Waals surface area contributed by atoms with Gasteiger partial charge in [-0.05, 0) is 49.6 Å². The maximum atomic E-state index is 10.5. The number of rotatable bonds is 8. The van der Waals surface area contributed by atoms with Crippen molar-refractivity contribution in [2.24, 2.45) is 0 Å². The lowest BCUT2D eigenvalue weighted by atomic mass is 9.77. The van der Waals surface area contributed by atoms with Crippen LogP contribution in [-0.4, -0.2) is 61.9 Å². The molecule has 4 heterocycles. The molecule has 2 aromatic heterocycles. The van der Waals surface area contributed by atoms with Gasteiger partial charge in [0.15, 0.2) is 29.5 Å². The zero-order chi connectivity index (χ0) is 30.5. The Morgan fingerprint density at radius 2 is 1.55 bits per heavy atom. The molecule has 5 aromatic rings. The van der Waals surface area contributed by atoms with Crippen LogP contribution in [0.4, 0.5) is 5.82 Å². The fraction of sp³-hybridized carbons (Fsp3) is 0.324. The van der Waals surface area contributed by atoms with Gasteiger partial charge in [0.2, 0.25) is 0 Å². The molecule has 3 aromatic carbocycles. The van der Waals surface area contributed by atoms with E-state index in [9.17, 15) is 5.11 Å². The lowest BCUT2D eigenvalue weighted by molar-refractivity contribution is -0.172. The molecule has 0 saturated carbocycles. The minimum absolute atomic E-state index is 0.443. The second kappa shape index (κ2) is 11.0. The molecule has 2 aliphatic rings. The molecule has 10 heteroatoms. The number of methoxy groups -OCH3 is 1. The highest BCUT2D eigenvalue weighted by atomic mass is 16.8. The molecule has 0 radical (unpaired) electrons. The number of imidazole rings is 1. The number of nitrogens with one attached hydrogen (secondary N) is 1. The number of benzene rings is 3. The van der Waals surface area contributed by atoms with E-state index in [2.05, 4.69) is 46.7 Å². The molecule has 7 rings (SSSR count). The van der Waals surface area contributed by atoms with Crippen molar-refractivity contribution in [3.05, 3.63) is 114 Å². The maximum absolute atomic E-state index is 10.5. The van der Waals surface area contributed by atoms with E-state index >= 15 is 0 Å². The average Bonchev–Trinajstić information content (AvgIpc) is 3.69. The average molecular weight is 594 g/mol. The number of ether oxygens (including phenoxy) is 4. The van der Waals surface area contributed by atoms with Gasteiger partial charge in [-0.3, -0.25) is 4.57 Å². The number of nitrogens with zero attached hydrogens (tertiary/aromatic N) is 4. The van der Waals surface area contributed by atoms with Gasteiger partial charge in [-0.1, -0.05) is 72.8 Å². The number of fused-ring (bicyclic) bond motifs is 2. The second-order valence-electron chi connectivity index (χ2n) is 11.5. The van der Waals surface area contributed by atoms with Gasteiger partial charge in [0, 0.05) is 0 Å². The van der Waals surface area contributed by atoms with Crippen LogP contribution in [-0.2, 0) is 19.7 Å². The van der Waals surface area contributed by atoms with E-state index in [4.69, 9.17) is 28.9 Å². The standard InChI is InChI=1S/C34H35N5O5/c1-21(40)28-29-33(3,44-22(2)42-29)32(43-28)39-20-37-27-30(35-19-36-31(27)39)38-34(23-11-7-5-8-12-23,24-13-9-6-10-14-24)25-15-17-26(41-4)18-16-25/h5-22,28-29,32,40H,1-4H3,(H,35,36,38)/t21-,22?,28+,29+,32+,33+/m0/s1. The van der Waals surface area contributed by atoms with E-state index in [-0.39, 0.29) is 0 Å². The third-order valence-electron chi connectivity index (χ3n) is 8.73. The fourth-order valence-electron chi connectivity index (χ4n) is 6.69. The normalized spacial score (nSPS) is 25.6. The van der Waals surface area contributed by atoms with Crippen molar-refractivity contribution in [2.45, 2.75) is 62.7 Å². The molecule has 2 N–H and O–H groups in total. The Balaban J connectivity index is 1.38. The highest BCUT2D eigenvalue weighted by molar-refractivity contribution is 5.84. The summed E-state index contributed by atoms with van der Waals surface area (Å²) in [5, 5.41) is 14.3. The van der Waals surface area contributed by atoms with Crippen molar-refractivity contribution in [1.29, 1.82) is 0 Å². The molecule has 0 aliphatic carbocycles. The van der Waals surface area contributed by atoms with Crippen LogP contribution in [0.2, 0.25) is 0 Å². The summed E-state index contributed by atoms with van der Waals surface area (Å²) in [7, 11) is 1.66. The first-order chi connectivity index (χ1) is 21.3. The summed E-state index contributed by atoms with van der Waals surface area (Å²) in [5.74, 6) is 1.30. The summed E-state index contributed by atoms with van der Waals surface area (Å²) in [4.78, 5) is 14.2. The predicted molar refractivity (Wildman–Crippen MR) is 164 cm³/mol. The van der Waals surface area contributed by atoms with Crippen molar-refractivity contribution in [2.75, 3.05) is 12.4 Å². The minimum atomic E-state index is -0.867. The van der Waals surface area contributed by atoms with E-state index in [1.165, 1.54) is 6.33 Å². The molecular formula is C34H35N5O5. The highest BCUT2D eigenvalue weighted by Crippen LogP contribution is 2.49. The number of aliphatic hydroxyl groups is 1. The molecule has 0 spiro atoms. The van der Waals surface area contributed by atoms with Gasteiger partial charge in [0.1, 0.15) is 35.4 Å². The number of aliphatic hydroxyl groups excluding tert-OH is 1. The van der Waals surface area contributed by atoms with Crippen LogP contribution in [0.1, 0.15) is 43.7 Å². The van der Waals surface area contributed by atoms with Crippen molar-refractivity contribution < 1.29 is 24.1 Å². The van der Waals surface area contributed by atoms with Gasteiger partial charge in [-0.25, -0.2) is 15.0 Å². The third kappa shape index (κ3) is 4.45. The molecule has 1 unspecified atom stereocenters. The molecule has 10 nitrogen and oxygen atoms in total. The summed E-state index contributed by atoms with van der Waals surface area (Å²) in [5.41, 5.74) is 2.43. The predicted octanol–water partition coefficient (Wildman–Crippen LogP) is 5.04. The molecule has 2 aliphatic heterocycles.